The van der Waals surface area contributed by atoms with Crippen LogP contribution in [0.15, 0.2) is 42.6 Å². The molecule has 1 aromatic heterocycles. The average Bonchev–Trinajstić information content (AvgIpc) is 2.67. The maximum absolute atomic E-state index is 12.5. The number of ether oxygens (including phenoxy) is 1. The van der Waals surface area contributed by atoms with Crippen molar-refractivity contribution >= 4 is 17.5 Å². The molecule has 0 aliphatic heterocycles. The molecule has 0 atom stereocenters. The summed E-state index contributed by atoms with van der Waals surface area (Å²) in [5, 5.41) is 2.56. The van der Waals surface area contributed by atoms with Crippen LogP contribution in [0.1, 0.15) is 34.6 Å². The average molecular weight is 395 g/mol. The first-order chi connectivity index (χ1) is 13.2. The summed E-state index contributed by atoms with van der Waals surface area (Å²) < 4.78 is 41.8. The summed E-state index contributed by atoms with van der Waals surface area (Å²) in [5.41, 5.74) is 0.571. The van der Waals surface area contributed by atoms with Gasteiger partial charge in [0.05, 0.1) is 0 Å². The zero-order valence-electron chi connectivity index (χ0n) is 15.4. The van der Waals surface area contributed by atoms with Crippen LogP contribution in [0.2, 0.25) is 0 Å². The smallest absolute Gasteiger partial charge is 0.422 e. The van der Waals surface area contributed by atoms with Gasteiger partial charge in [0.2, 0.25) is 5.88 Å². The van der Waals surface area contributed by atoms with E-state index < -0.39 is 24.6 Å². The molecule has 1 aromatic carbocycles. The molecule has 0 aliphatic rings. The number of rotatable bonds is 7. The highest BCUT2D eigenvalue weighted by Crippen LogP contribution is 2.21. The third-order valence-electron chi connectivity index (χ3n) is 3.81. The molecule has 0 saturated carbocycles. The summed E-state index contributed by atoms with van der Waals surface area (Å²) >= 11 is 0. The second-order valence-electron chi connectivity index (χ2n) is 5.77. The Hall–Kier alpha value is -3.10. The van der Waals surface area contributed by atoms with E-state index in [0.29, 0.717) is 24.3 Å². The van der Waals surface area contributed by atoms with Gasteiger partial charge < -0.3 is 15.0 Å². The summed E-state index contributed by atoms with van der Waals surface area (Å²) in [4.78, 5) is 30.2. The minimum Gasteiger partial charge on any atom is -0.467 e. The number of nitrogens with one attached hydrogen (secondary N) is 1. The van der Waals surface area contributed by atoms with E-state index >= 15 is 0 Å². The third-order valence-corrected chi connectivity index (χ3v) is 3.81. The van der Waals surface area contributed by atoms with Gasteiger partial charge in [-0.2, -0.15) is 13.2 Å². The van der Waals surface area contributed by atoms with Crippen LogP contribution in [0, 0.1) is 0 Å². The number of carbonyl (C=O) groups excluding carboxylic acids is 2. The molecule has 0 saturated heterocycles. The number of nitrogens with zero attached hydrogens (tertiary/aromatic N) is 2. The van der Waals surface area contributed by atoms with Gasteiger partial charge in [-0.3, -0.25) is 9.59 Å². The molecule has 0 bridgehead atoms. The van der Waals surface area contributed by atoms with Crippen LogP contribution in [0.25, 0.3) is 0 Å². The molecule has 28 heavy (non-hydrogen) atoms. The second kappa shape index (κ2) is 9.20. The Morgan fingerprint density at radius 1 is 1.14 bits per heavy atom. The molecule has 0 radical (unpaired) electrons. The number of alkyl halides is 3. The standard InChI is InChI=1S/C19H20F3N3O3/c1-3-25(4-2)18(27)13-7-5-8-14(11-13)24-16(26)15-9-6-10-23-17(15)28-12-19(20,21)22/h5-11H,3-4,12H2,1-2H3,(H,24,26). The number of hydrogen-bond acceptors (Lipinski definition) is 4. The summed E-state index contributed by atoms with van der Waals surface area (Å²) in [7, 11) is 0. The van der Waals surface area contributed by atoms with Gasteiger partial charge in [0.25, 0.3) is 11.8 Å². The lowest BCUT2D eigenvalue weighted by molar-refractivity contribution is -0.154. The van der Waals surface area contributed by atoms with Gasteiger partial charge >= 0.3 is 6.18 Å². The molecule has 2 amide bonds. The number of hydrogen-bond donors (Lipinski definition) is 1. The van der Waals surface area contributed by atoms with Gasteiger partial charge in [-0.05, 0) is 44.2 Å². The molecule has 150 valence electrons. The topological polar surface area (TPSA) is 71.5 Å². The van der Waals surface area contributed by atoms with Crippen molar-refractivity contribution in [3.63, 3.8) is 0 Å². The van der Waals surface area contributed by atoms with E-state index in [-0.39, 0.29) is 11.5 Å². The summed E-state index contributed by atoms with van der Waals surface area (Å²) in [6.07, 6.45) is -3.32. The normalized spacial score (nSPS) is 11.0. The largest absolute Gasteiger partial charge is 0.467 e. The van der Waals surface area contributed by atoms with Crippen molar-refractivity contribution in [1.29, 1.82) is 0 Å². The van der Waals surface area contributed by atoms with Crippen molar-refractivity contribution < 1.29 is 27.5 Å². The molecular formula is C19H20F3N3O3. The van der Waals surface area contributed by atoms with Crippen LogP contribution in [0.4, 0.5) is 18.9 Å². The molecular weight excluding hydrogens is 375 g/mol. The number of pyridine rings is 1. The SMILES string of the molecule is CCN(CC)C(=O)c1cccc(NC(=O)c2cccnc2OCC(F)(F)F)c1. The van der Waals surface area contributed by atoms with Gasteiger partial charge in [0.15, 0.2) is 6.61 Å². The Bertz CT molecular complexity index is 836. The van der Waals surface area contributed by atoms with Gasteiger partial charge in [-0.25, -0.2) is 4.98 Å². The van der Waals surface area contributed by atoms with E-state index in [1.807, 2.05) is 13.8 Å². The molecule has 0 fully saturated rings. The predicted molar refractivity (Wildman–Crippen MR) is 97.4 cm³/mol. The highest BCUT2D eigenvalue weighted by molar-refractivity contribution is 6.06. The Labute approximate surface area is 160 Å². The maximum Gasteiger partial charge on any atom is 0.422 e. The fourth-order valence-electron chi connectivity index (χ4n) is 2.45. The molecule has 0 aliphatic carbocycles. The van der Waals surface area contributed by atoms with Gasteiger partial charge in [-0.15, -0.1) is 0 Å². The number of anilines is 1. The number of halogens is 3. The first-order valence-electron chi connectivity index (χ1n) is 8.60. The highest BCUT2D eigenvalue weighted by Gasteiger charge is 2.29. The fourth-order valence-corrected chi connectivity index (χ4v) is 2.45. The lowest BCUT2D eigenvalue weighted by Gasteiger charge is -2.19. The Balaban J connectivity index is 2.18. The summed E-state index contributed by atoms with van der Waals surface area (Å²) in [6, 6.07) is 9.03. The third kappa shape index (κ3) is 5.70. The summed E-state index contributed by atoms with van der Waals surface area (Å²) in [5.74, 6) is -1.30. The van der Waals surface area contributed by atoms with Crippen LogP contribution < -0.4 is 10.1 Å². The number of benzene rings is 1. The minimum atomic E-state index is -4.55. The number of carbonyl (C=O) groups is 2. The van der Waals surface area contributed by atoms with Crippen molar-refractivity contribution in [2.45, 2.75) is 20.0 Å². The predicted octanol–water partition coefficient (Wildman–Crippen LogP) is 3.76. The Kier molecular flexibility index (Phi) is 6.97. The number of aromatic nitrogens is 1. The fraction of sp³-hybridized carbons (Fsp3) is 0.316. The Morgan fingerprint density at radius 2 is 1.86 bits per heavy atom. The molecule has 6 nitrogen and oxygen atoms in total. The van der Waals surface area contributed by atoms with E-state index in [4.69, 9.17) is 0 Å². The summed E-state index contributed by atoms with van der Waals surface area (Å²) in [6.45, 7) is 3.25. The van der Waals surface area contributed by atoms with Crippen molar-refractivity contribution in [1.82, 2.24) is 9.88 Å². The molecule has 1 N–H and O–H groups in total. The molecule has 2 rings (SSSR count). The van der Waals surface area contributed by atoms with Crippen LogP contribution >= 0.6 is 0 Å². The lowest BCUT2D eigenvalue weighted by atomic mass is 10.1. The van der Waals surface area contributed by atoms with Crippen LogP contribution in [0.3, 0.4) is 0 Å². The van der Waals surface area contributed by atoms with Crippen LogP contribution in [-0.4, -0.2) is 47.6 Å². The van der Waals surface area contributed by atoms with E-state index in [0.717, 1.165) is 0 Å². The first-order valence-corrected chi connectivity index (χ1v) is 8.60. The quantitative estimate of drug-likeness (QED) is 0.775. The van der Waals surface area contributed by atoms with E-state index in [1.54, 1.807) is 23.1 Å². The van der Waals surface area contributed by atoms with Crippen molar-refractivity contribution in [2.75, 3.05) is 25.0 Å². The zero-order valence-corrected chi connectivity index (χ0v) is 15.4. The van der Waals surface area contributed by atoms with Crippen molar-refractivity contribution in [3.8, 4) is 5.88 Å². The van der Waals surface area contributed by atoms with Crippen molar-refractivity contribution in [3.05, 3.63) is 53.7 Å². The Morgan fingerprint density at radius 3 is 2.50 bits per heavy atom. The molecule has 9 heteroatoms. The monoisotopic (exact) mass is 395 g/mol. The van der Waals surface area contributed by atoms with Crippen LogP contribution in [0.5, 0.6) is 5.88 Å². The van der Waals surface area contributed by atoms with Gasteiger partial charge in [-0.1, -0.05) is 6.07 Å². The van der Waals surface area contributed by atoms with Crippen molar-refractivity contribution in [2.24, 2.45) is 0 Å². The van der Waals surface area contributed by atoms with Crippen LogP contribution in [-0.2, 0) is 0 Å². The van der Waals surface area contributed by atoms with E-state index in [2.05, 4.69) is 15.0 Å². The molecule has 1 heterocycles. The van der Waals surface area contributed by atoms with E-state index in [1.165, 1.54) is 24.4 Å². The number of amides is 2. The second-order valence-corrected chi connectivity index (χ2v) is 5.77. The zero-order chi connectivity index (χ0) is 20.7. The molecule has 0 spiro atoms. The maximum atomic E-state index is 12.5. The molecule has 0 unspecified atom stereocenters. The van der Waals surface area contributed by atoms with E-state index in [9.17, 15) is 22.8 Å². The lowest BCUT2D eigenvalue weighted by Crippen LogP contribution is -2.30. The minimum absolute atomic E-state index is 0.146. The van der Waals surface area contributed by atoms with Gasteiger partial charge in [0.1, 0.15) is 5.56 Å². The first kappa shape index (κ1) is 21.2. The highest BCUT2D eigenvalue weighted by atomic mass is 19.4. The van der Waals surface area contributed by atoms with Gasteiger partial charge in [0, 0.05) is 30.5 Å². The molecule has 2 aromatic rings.